The fourth-order valence-electron chi connectivity index (χ4n) is 12.0. The van der Waals surface area contributed by atoms with Crippen LogP contribution in [0.5, 0.6) is 0 Å². The van der Waals surface area contributed by atoms with Crippen LogP contribution in [-0.2, 0) is 42.9 Å². The van der Waals surface area contributed by atoms with Crippen LogP contribution >= 0.6 is 0 Å². The van der Waals surface area contributed by atoms with Crippen molar-refractivity contribution < 1.29 is 58.2 Å². The second-order valence-corrected chi connectivity index (χ2v) is 16.8. The molecule has 0 aromatic heterocycles. The summed E-state index contributed by atoms with van der Waals surface area (Å²) in [5.74, 6) is -8.57. The number of hydrogen-bond donors (Lipinski definition) is 3. The largest absolute Gasteiger partial charge is 0.462 e. The second kappa shape index (κ2) is 10.4. The lowest BCUT2D eigenvalue weighted by molar-refractivity contribution is -0.226. The van der Waals surface area contributed by atoms with Crippen molar-refractivity contribution in [3.05, 3.63) is 11.8 Å². The van der Waals surface area contributed by atoms with E-state index in [1.807, 2.05) is 27.7 Å². The highest BCUT2D eigenvalue weighted by atomic mass is 16.6. The first kappa shape index (κ1) is 33.8. The molecule has 0 radical (unpaired) electrons. The molecule has 48 heavy (non-hydrogen) atoms. The number of allylic oxidation sites excluding steroid dienone is 1. The summed E-state index contributed by atoms with van der Waals surface area (Å²) in [5.41, 5.74) is -6.31. The molecule has 7 rings (SSSR count). The number of rotatable bonds is 5. The summed E-state index contributed by atoms with van der Waals surface area (Å²) in [4.78, 5) is 68.3. The van der Waals surface area contributed by atoms with E-state index in [0.717, 1.165) is 0 Å². The van der Waals surface area contributed by atoms with E-state index in [0.29, 0.717) is 6.42 Å². The molecule has 2 heterocycles. The normalized spacial score (nSPS) is 52.8. The molecule has 5 aliphatic carbocycles. The molecule has 0 amide bonds. The van der Waals surface area contributed by atoms with Crippen molar-refractivity contribution in [1.29, 1.82) is 0 Å². The van der Waals surface area contributed by atoms with Crippen molar-refractivity contribution in [2.24, 2.45) is 63.6 Å². The molecule has 0 bridgehead atoms. The predicted octanol–water partition coefficient (Wildman–Crippen LogP) is 1.90. The highest BCUT2D eigenvalue weighted by molar-refractivity contribution is 5.92. The average Bonchev–Trinajstić information content (AvgIpc) is 3.64. The van der Waals surface area contributed by atoms with E-state index in [-0.39, 0.29) is 30.6 Å². The van der Waals surface area contributed by atoms with Crippen LogP contribution in [0.25, 0.3) is 0 Å². The molecular formula is C36H48O12. The third-order valence-electron chi connectivity index (χ3n) is 14.2. The molecular weight excluding hydrogens is 624 g/mol. The van der Waals surface area contributed by atoms with Gasteiger partial charge in [-0.05, 0) is 63.4 Å². The van der Waals surface area contributed by atoms with E-state index >= 15 is 0 Å². The number of hydrogen-bond acceptors (Lipinski definition) is 12. The quantitative estimate of drug-likeness (QED) is 0.219. The van der Waals surface area contributed by atoms with Crippen LogP contribution in [0.3, 0.4) is 0 Å². The number of esters is 3. The van der Waals surface area contributed by atoms with Gasteiger partial charge in [-0.2, -0.15) is 0 Å². The lowest BCUT2D eigenvalue weighted by Crippen LogP contribution is -2.71. The zero-order valence-electron chi connectivity index (χ0n) is 28.8. The van der Waals surface area contributed by atoms with Gasteiger partial charge in [0.1, 0.15) is 36.0 Å². The lowest BCUT2D eigenvalue weighted by atomic mass is 9.41. The van der Waals surface area contributed by atoms with Crippen molar-refractivity contribution in [2.45, 2.75) is 117 Å². The van der Waals surface area contributed by atoms with Crippen LogP contribution in [0.4, 0.5) is 0 Å². The number of ketones is 2. The molecule has 3 N–H and O–H groups in total. The molecule has 17 unspecified atom stereocenters. The maximum Gasteiger partial charge on any atom is 0.343 e. The van der Waals surface area contributed by atoms with Crippen LogP contribution < -0.4 is 0 Å². The minimum Gasteiger partial charge on any atom is -0.462 e. The van der Waals surface area contributed by atoms with Crippen molar-refractivity contribution in [3.63, 3.8) is 0 Å². The molecule has 0 aromatic rings. The smallest absolute Gasteiger partial charge is 0.343 e. The fraction of sp³-hybridized carbons (Fsp3) is 0.806. The standard InChI is InChI=1S/C36H48O12/c1-13(2)9-22(40)48-31-29-19(46-29)11-18-27(41)28(42)23-17(33(18,31)6)12-20(39)36(15(4)37)24-14(3)10-21-34(7,35(8,44)32(43)47-21)26(24)30(25(23)36)45-16(5)38/h10,13-14,17-20,23-27,29-31,39,41,44H,9,11-12H2,1-8H3. The Bertz CT molecular complexity index is 1520. The predicted molar refractivity (Wildman–Crippen MR) is 164 cm³/mol. The summed E-state index contributed by atoms with van der Waals surface area (Å²) in [6, 6.07) is 0. The third kappa shape index (κ3) is 3.94. The zero-order chi connectivity index (χ0) is 35.2. The van der Waals surface area contributed by atoms with Crippen molar-refractivity contribution in [2.75, 3.05) is 0 Å². The Morgan fingerprint density at radius 3 is 2.27 bits per heavy atom. The number of ether oxygens (including phenoxy) is 4. The Morgan fingerprint density at radius 1 is 1.00 bits per heavy atom. The first-order chi connectivity index (χ1) is 22.3. The Balaban J connectivity index is 1.43. The summed E-state index contributed by atoms with van der Waals surface area (Å²) in [7, 11) is 0. The van der Waals surface area contributed by atoms with Gasteiger partial charge in [0.25, 0.3) is 0 Å². The third-order valence-corrected chi connectivity index (χ3v) is 14.2. The van der Waals surface area contributed by atoms with E-state index in [1.54, 1.807) is 13.0 Å². The van der Waals surface area contributed by atoms with Gasteiger partial charge in [-0.15, -0.1) is 0 Å². The second-order valence-electron chi connectivity index (χ2n) is 16.8. The monoisotopic (exact) mass is 672 g/mol. The topological polar surface area (TPSA) is 186 Å². The number of carbonyl (C=O) groups is 5. The van der Waals surface area contributed by atoms with Crippen LogP contribution in [0.1, 0.15) is 74.7 Å². The zero-order valence-corrected chi connectivity index (χ0v) is 28.8. The van der Waals surface area contributed by atoms with Gasteiger partial charge >= 0.3 is 17.9 Å². The van der Waals surface area contributed by atoms with E-state index < -0.39 is 123 Å². The molecule has 4 saturated carbocycles. The van der Waals surface area contributed by atoms with Gasteiger partial charge in [0, 0.05) is 42.4 Å². The van der Waals surface area contributed by atoms with Gasteiger partial charge in [0.05, 0.1) is 23.0 Å². The van der Waals surface area contributed by atoms with Crippen molar-refractivity contribution in [1.82, 2.24) is 0 Å². The first-order valence-electron chi connectivity index (χ1n) is 17.4. The van der Waals surface area contributed by atoms with Crippen LogP contribution in [0.2, 0.25) is 0 Å². The van der Waals surface area contributed by atoms with Gasteiger partial charge in [-0.1, -0.05) is 27.7 Å². The van der Waals surface area contributed by atoms with Crippen LogP contribution in [-0.4, -0.2) is 87.0 Å². The van der Waals surface area contributed by atoms with Crippen LogP contribution in [0.15, 0.2) is 11.8 Å². The van der Waals surface area contributed by atoms with Gasteiger partial charge in [-0.3, -0.25) is 19.2 Å². The molecule has 2 aliphatic heterocycles. The van der Waals surface area contributed by atoms with Crippen molar-refractivity contribution in [3.8, 4) is 0 Å². The number of Topliss-reactive ketones (excluding diaryl/α,β-unsaturated/α-hetero) is 2. The molecule has 0 spiro atoms. The fourth-order valence-corrected chi connectivity index (χ4v) is 12.0. The summed E-state index contributed by atoms with van der Waals surface area (Å²) in [5, 5.41) is 36.2. The van der Waals surface area contributed by atoms with Gasteiger partial charge in [0.2, 0.25) is 0 Å². The summed E-state index contributed by atoms with van der Waals surface area (Å²) in [6.07, 6.45) is -3.46. The average molecular weight is 673 g/mol. The number of fused-ring (bicyclic) bond motifs is 10. The highest BCUT2D eigenvalue weighted by Crippen LogP contribution is 2.75. The first-order valence-corrected chi connectivity index (χ1v) is 17.4. The summed E-state index contributed by atoms with van der Waals surface area (Å²) >= 11 is 0. The number of aliphatic hydroxyl groups excluding tert-OH is 2. The molecule has 264 valence electrons. The van der Waals surface area contributed by atoms with Crippen LogP contribution in [0, 0.1) is 63.6 Å². The van der Waals surface area contributed by atoms with E-state index in [2.05, 4.69) is 0 Å². The molecule has 12 heteroatoms. The van der Waals surface area contributed by atoms with Gasteiger partial charge in [0.15, 0.2) is 11.4 Å². The lowest BCUT2D eigenvalue weighted by Gasteiger charge is -2.63. The molecule has 12 nitrogen and oxygen atoms in total. The molecule has 2 saturated heterocycles. The number of aliphatic hydroxyl groups is 3. The Hall–Kier alpha value is -2.67. The molecule has 6 fully saturated rings. The number of carbonyl (C=O) groups excluding carboxylic acids is 5. The Labute approximate surface area is 279 Å². The summed E-state index contributed by atoms with van der Waals surface area (Å²) in [6.45, 7) is 13.1. The summed E-state index contributed by atoms with van der Waals surface area (Å²) < 4.78 is 23.9. The minimum atomic E-state index is -2.10. The van der Waals surface area contributed by atoms with E-state index in [9.17, 15) is 39.3 Å². The molecule has 0 aromatic carbocycles. The maximum absolute atomic E-state index is 14.7. The minimum absolute atomic E-state index is 0.0241. The van der Waals surface area contributed by atoms with Crippen molar-refractivity contribution >= 4 is 29.5 Å². The maximum atomic E-state index is 14.7. The molecule has 17 atom stereocenters. The molecule has 7 aliphatic rings. The highest BCUT2D eigenvalue weighted by Gasteiger charge is 2.83. The van der Waals surface area contributed by atoms with E-state index in [4.69, 9.17) is 18.9 Å². The van der Waals surface area contributed by atoms with Gasteiger partial charge in [-0.25, -0.2) is 4.79 Å². The van der Waals surface area contributed by atoms with Gasteiger partial charge < -0.3 is 34.3 Å². The SMILES string of the molecule is CC(=O)OC1C2C3C(=O)C(O)C4CC5OC5C(OC(=O)CC(C)C)C4(C)C3CC(O)C2(C(C)=O)C2C(C)C=C3OC(=O)C(C)(O)C3(C)C12. The van der Waals surface area contributed by atoms with E-state index in [1.165, 1.54) is 20.8 Å². The Morgan fingerprint density at radius 2 is 1.67 bits per heavy atom. The Kier molecular flexibility index (Phi) is 7.35. The number of epoxide rings is 1.